The first-order valence-electron chi connectivity index (χ1n) is 5.89. The summed E-state index contributed by atoms with van der Waals surface area (Å²) in [5.41, 5.74) is 7.17. The van der Waals surface area contributed by atoms with Crippen LogP contribution in [0.15, 0.2) is 24.5 Å². The second kappa shape index (κ2) is 6.15. The third-order valence-electron chi connectivity index (χ3n) is 2.82. The Morgan fingerprint density at radius 2 is 2.05 bits per heavy atom. The zero-order chi connectivity index (χ0) is 14.7. The summed E-state index contributed by atoms with van der Waals surface area (Å²) in [6, 6.07) is 5.24. The summed E-state index contributed by atoms with van der Waals surface area (Å²) in [6.45, 7) is 1.95. The van der Waals surface area contributed by atoms with E-state index in [-0.39, 0.29) is 6.04 Å². The Labute approximate surface area is 127 Å². The number of hydrogen-bond donors (Lipinski definition) is 2. The molecule has 0 saturated carbocycles. The molecule has 0 spiro atoms. The molecule has 2 rings (SSSR count). The average molecular weight is 313 g/mol. The van der Waals surface area contributed by atoms with Crippen LogP contribution < -0.4 is 15.8 Å². The molecule has 0 fully saturated rings. The average Bonchev–Trinajstić information content (AvgIpc) is 2.41. The van der Waals surface area contributed by atoms with Crippen LogP contribution in [0.4, 0.5) is 11.5 Å². The molecule has 7 heteroatoms. The summed E-state index contributed by atoms with van der Waals surface area (Å²) in [6.07, 6.45) is 1.38. The van der Waals surface area contributed by atoms with Gasteiger partial charge in [-0.25, -0.2) is 4.98 Å². The molecule has 1 heterocycles. The minimum Gasteiger partial charge on any atom is -0.479 e. The van der Waals surface area contributed by atoms with Gasteiger partial charge >= 0.3 is 0 Å². The van der Waals surface area contributed by atoms with Crippen LogP contribution in [0.2, 0.25) is 10.0 Å². The second-order valence-electron chi connectivity index (χ2n) is 4.18. The third kappa shape index (κ3) is 3.05. The van der Waals surface area contributed by atoms with Crippen LogP contribution in [0.3, 0.4) is 0 Å². The van der Waals surface area contributed by atoms with Crippen LogP contribution in [0.1, 0.15) is 18.5 Å². The lowest BCUT2D eigenvalue weighted by molar-refractivity contribution is 0.399. The highest BCUT2D eigenvalue weighted by Crippen LogP contribution is 2.31. The van der Waals surface area contributed by atoms with Gasteiger partial charge in [-0.15, -0.1) is 0 Å². The highest BCUT2D eigenvalue weighted by atomic mass is 35.5. The topological polar surface area (TPSA) is 73.1 Å². The fourth-order valence-corrected chi connectivity index (χ4v) is 2.36. The maximum absolute atomic E-state index is 6.18. The van der Waals surface area contributed by atoms with Crippen LogP contribution >= 0.6 is 23.2 Å². The summed E-state index contributed by atoms with van der Waals surface area (Å²) < 4.78 is 5.05. The number of halogens is 2. The van der Waals surface area contributed by atoms with Gasteiger partial charge < -0.3 is 15.8 Å². The molecule has 1 aromatic heterocycles. The van der Waals surface area contributed by atoms with E-state index in [1.54, 1.807) is 12.1 Å². The van der Waals surface area contributed by atoms with E-state index in [9.17, 15) is 0 Å². The van der Waals surface area contributed by atoms with E-state index in [1.165, 1.54) is 13.4 Å². The van der Waals surface area contributed by atoms with Crippen molar-refractivity contribution in [3.05, 3.63) is 40.1 Å². The Morgan fingerprint density at radius 3 is 2.70 bits per heavy atom. The maximum Gasteiger partial charge on any atom is 0.242 e. The summed E-state index contributed by atoms with van der Waals surface area (Å²) in [5, 5.41) is 4.35. The van der Waals surface area contributed by atoms with Crippen molar-refractivity contribution in [1.82, 2.24) is 9.97 Å². The van der Waals surface area contributed by atoms with Crippen molar-refractivity contribution in [2.45, 2.75) is 13.0 Å². The summed E-state index contributed by atoms with van der Waals surface area (Å²) in [4.78, 5) is 8.03. The number of aromatic nitrogens is 2. The zero-order valence-corrected chi connectivity index (χ0v) is 12.5. The molecule has 0 radical (unpaired) electrons. The first-order valence-corrected chi connectivity index (χ1v) is 6.64. The summed E-state index contributed by atoms with van der Waals surface area (Å²) in [7, 11) is 1.50. The molecular weight excluding hydrogens is 299 g/mol. The molecule has 0 aliphatic rings. The number of nitrogens with two attached hydrogens (primary N) is 1. The Morgan fingerprint density at radius 1 is 1.30 bits per heavy atom. The van der Waals surface area contributed by atoms with Gasteiger partial charge in [0.15, 0.2) is 5.82 Å². The van der Waals surface area contributed by atoms with Gasteiger partial charge in [0.05, 0.1) is 13.2 Å². The monoisotopic (exact) mass is 312 g/mol. The van der Waals surface area contributed by atoms with Crippen LogP contribution in [0.5, 0.6) is 5.88 Å². The van der Waals surface area contributed by atoms with E-state index in [2.05, 4.69) is 15.3 Å². The number of anilines is 2. The van der Waals surface area contributed by atoms with Crippen molar-refractivity contribution in [3.8, 4) is 5.88 Å². The molecule has 0 saturated heterocycles. The highest BCUT2D eigenvalue weighted by Gasteiger charge is 2.14. The summed E-state index contributed by atoms with van der Waals surface area (Å²) >= 11 is 12.1. The van der Waals surface area contributed by atoms with E-state index >= 15 is 0 Å². The van der Waals surface area contributed by atoms with Gasteiger partial charge in [-0.3, -0.25) is 0 Å². The van der Waals surface area contributed by atoms with Crippen LogP contribution in [0, 0.1) is 0 Å². The number of benzene rings is 1. The number of nitrogens with zero attached hydrogens (tertiary/aromatic N) is 2. The molecule has 0 amide bonds. The molecule has 106 valence electrons. The number of ether oxygens (including phenoxy) is 1. The van der Waals surface area contributed by atoms with Gasteiger partial charge in [-0.05, 0) is 24.6 Å². The number of rotatable bonds is 4. The van der Waals surface area contributed by atoms with Gasteiger partial charge in [0.2, 0.25) is 5.88 Å². The Balaban J connectivity index is 2.25. The third-order valence-corrected chi connectivity index (χ3v) is 3.39. The Kier molecular flexibility index (Phi) is 4.52. The van der Waals surface area contributed by atoms with E-state index in [1.807, 2.05) is 13.0 Å². The molecule has 20 heavy (non-hydrogen) atoms. The largest absolute Gasteiger partial charge is 0.479 e. The molecule has 0 aliphatic carbocycles. The molecule has 2 aromatic rings. The van der Waals surface area contributed by atoms with Gasteiger partial charge in [0.25, 0.3) is 0 Å². The van der Waals surface area contributed by atoms with E-state index in [0.29, 0.717) is 27.4 Å². The molecule has 5 nitrogen and oxygen atoms in total. The Bertz CT molecular complexity index is 621. The smallest absolute Gasteiger partial charge is 0.242 e. The number of methoxy groups -OCH3 is 1. The lowest BCUT2D eigenvalue weighted by atomic mass is 10.1. The van der Waals surface area contributed by atoms with Crippen LogP contribution in [-0.4, -0.2) is 17.1 Å². The van der Waals surface area contributed by atoms with Crippen LogP contribution in [0.25, 0.3) is 0 Å². The van der Waals surface area contributed by atoms with Gasteiger partial charge in [0.1, 0.15) is 12.0 Å². The zero-order valence-electron chi connectivity index (χ0n) is 11.0. The van der Waals surface area contributed by atoms with Gasteiger partial charge in [-0.2, -0.15) is 4.98 Å². The second-order valence-corrected chi connectivity index (χ2v) is 5.02. The lowest BCUT2D eigenvalue weighted by Gasteiger charge is -2.18. The molecule has 0 aliphatic heterocycles. The predicted molar refractivity (Wildman–Crippen MR) is 81.5 cm³/mol. The minimum atomic E-state index is -0.0957. The van der Waals surface area contributed by atoms with E-state index in [0.717, 1.165) is 5.56 Å². The number of nitrogens with one attached hydrogen (secondary N) is 1. The Hall–Kier alpha value is -1.72. The fraction of sp³-hybridized carbons (Fsp3) is 0.231. The number of hydrogen-bond acceptors (Lipinski definition) is 5. The van der Waals surface area contributed by atoms with E-state index < -0.39 is 0 Å². The van der Waals surface area contributed by atoms with Crippen molar-refractivity contribution >= 4 is 34.7 Å². The van der Waals surface area contributed by atoms with Crippen molar-refractivity contribution in [2.24, 2.45) is 0 Å². The molecule has 3 N–H and O–H groups in total. The predicted octanol–water partition coefficient (Wildman–Crippen LogP) is 3.55. The quantitative estimate of drug-likeness (QED) is 0.903. The number of nitrogen functional groups attached to an aromatic ring is 1. The highest BCUT2D eigenvalue weighted by molar-refractivity contribution is 6.35. The van der Waals surface area contributed by atoms with Crippen molar-refractivity contribution in [1.29, 1.82) is 0 Å². The minimum absolute atomic E-state index is 0.0957. The van der Waals surface area contributed by atoms with Crippen LogP contribution in [-0.2, 0) is 0 Å². The standard InChI is InChI=1S/C13H14Cl2N4O/c1-7(9-4-3-8(14)5-10(9)15)19-12-11(16)13(20-2)18-6-17-12/h3-7H,16H2,1-2H3,(H,17,18,19). The first kappa shape index (κ1) is 14.7. The molecule has 1 aromatic carbocycles. The molecule has 0 bridgehead atoms. The van der Waals surface area contributed by atoms with Crippen molar-refractivity contribution in [3.63, 3.8) is 0 Å². The molecule has 1 atom stereocenters. The van der Waals surface area contributed by atoms with Crippen molar-refractivity contribution < 1.29 is 4.74 Å². The summed E-state index contributed by atoms with van der Waals surface area (Å²) in [5.74, 6) is 0.826. The van der Waals surface area contributed by atoms with Gasteiger partial charge in [0, 0.05) is 10.0 Å². The fourth-order valence-electron chi connectivity index (χ4n) is 1.79. The SMILES string of the molecule is COc1ncnc(NC(C)c2ccc(Cl)cc2Cl)c1N. The lowest BCUT2D eigenvalue weighted by Crippen LogP contribution is -2.11. The van der Waals surface area contributed by atoms with E-state index in [4.69, 9.17) is 33.7 Å². The van der Waals surface area contributed by atoms with Crippen molar-refractivity contribution in [2.75, 3.05) is 18.2 Å². The first-order chi connectivity index (χ1) is 9.52. The maximum atomic E-state index is 6.18. The normalized spacial score (nSPS) is 12.0. The molecular formula is C13H14Cl2N4O. The van der Waals surface area contributed by atoms with Gasteiger partial charge in [-0.1, -0.05) is 29.3 Å². The molecule has 1 unspecified atom stereocenters.